The number of esters is 1. The molecule has 2 rings (SSSR count). The molecule has 1 aromatic rings. The van der Waals surface area contributed by atoms with E-state index in [1.807, 2.05) is 12.1 Å². The maximum Gasteiger partial charge on any atom is 0.337 e. The molecule has 0 aromatic heterocycles. The second-order valence-electron chi connectivity index (χ2n) is 5.82. The minimum absolute atomic E-state index is 0.306. The predicted octanol–water partition coefficient (Wildman–Crippen LogP) is 3.37. The zero-order valence-electron chi connectivity index (χ0n) is 11.6. The summed E-state index contributed by atoms with van der Waals surface area (Å²) in [4.78, 5) is 11.4. The van der Waals surface area contributed by atoms with Crippen LogP contribution in [0.5, 0.6) is 0 Å². The Hall–Kier alpha value is -0.870. The molecule has 1 aliphatic carbocycles. The third-order valence-corrected chi connectivity index (χ3v) is 4.64. The first-order chi connectivity index (χ1) is 8.94. The molecule has 1 unspecified atom stereocenters. The summed E-state index contributed by atoms with van der Waals surface area (Å²) in [5, 5.41) is 3.48. The Kier molecular flexibility index (Phi) is 4.31. The van der Waals surface area contributed by atoms with Gasteiger partial charge in [-0.1, -0.05) is 35.8 Å². The summed E-state index contributed by atoms with van der Waals surface area (Å²) in [5.41, 5.74) is 2.24. The first-order valence-electron chi connectivity index (χ1n) is 6.51. The van der Waals surface area contributed by atoms with Crippen molar-refractivity contribution < 1.29 is 9.53 Å². The Morgan fingerprint density at radius 1 is 1.53 bits per heavy atom. The van der Waals surface area contributed by atoms with Crippen LogP contribution in [0.2, 0.25) is 0 Å². The lowest BCUT2D eigenvalue weighted by Gasteiger charge is -2.09. The van der Waals surface area contributed by atoms with E-state index in [9.17, 15) is 4.79 Å². The standard InChI is InChI=1S/C15H20BrNO2/c1-15(2)7-12(15)9-17-8-11-5-4-10(6-13(11)16)14(18)19-3/h4-6,12,17H,7-9H2,1-3H3. The van der Waals surface area contributed by atoms with Gasteiger partial charge < -0.3 is 10.1 Å². The molecule has 19 heavy (non-hydrogen) atoms. The molecule has 1 aliphatic rings. The van der Waals surface area contributed by atoms with Crippen molar-refractivity contribution in [2.45, 2.75) is 26.8 Å². The Bertz CT molecular complexity index is 485. The number of benzene rings is 1. The monoisotopic (exact) mass is 325 g/mol. The molecule has 0 saturated heterocycles. The van der Waals surface area contributed by atoms with Crippen LogP contribution in [0.25, 0.3) is 0 Å². The normalized spacial score (nSPS) is 20.1. The number of hydrogen-bond acceptors (Lipinski definition) is 3. The smallest absolute Gasteiger partial charge is 0.337 e. The average molecular weight is 326 g/mol. The van der Waals surface area contributed by atoms with Crippen LogP contribution in [0, 0.1) is 11.3 Å². The first-order valence-corrected chi connectivity index (χ1v) is 7.31. The van der Waals surface area contributed by atoms with Crippen molar-refractivity contribution in [3.05, 3.63) is 33.8 Å². The van der Waals surface area contributed by atoms with Gasteiger partial charge in [-0.15, -0.1) is 0 Å². The molecule has 1 fully saturated rings. The van der Waals surface area contributed by atoms with E-state index in [-0.39, 0.29) is 5.97 Å². The van der Waals surface area contributed by atoms with Crippen LogP contribution in [-0.4, -0.2) is 19.6 Å². The average Bonchev–Trinajstić information content (AvgIpc) is 2.98. The van der Waals surface area contributed by atoms with Crippen LogP contribution >= 0.6 is 15.9 Å². The van der Waals surface area contributed by atoms with Crippen molar-refractivity contribution in [3.63, 3.8) is 0 Å². The van der Waals surface area contributed by atoms with E-state index in [0.29, 0.717) is 11.0 Å². The number of carbonyl (C=O) groups excluding carboxylic acids is 1. The Balaban J connectivity index is 1.89. The molecule has 1 N–H and O–H groups in total. The third-order valence-electron chi connectivity index (χ3n) is 3.90. The fourth-order valence-corrected chi connectivity index (χ4v) is 2.76. The minimum Gasteiger partial charge on any atom is -0.465 e. The SMILES string of the molecule is COC(=O)c1ccc(CNCC2CC2(C)C)c(Br)c1. The van der Waals surface area contributed by atoms with Gasteiger partial charge in [-0.25, -0.2) is 4.79 Å². The van der Waals surface area contributed by atoms with E-state index in [4.69, 9.17) is 4.74 Å². The van der Waals surface area contributed by atoms with Crippen LogP contribution in [0.15, 0.2) is 22.7 Å². The number of rotatable bonds is 5. The molecular weight excluding hydrogens is 306 g/mol. The van der Waals surface area contributed by atoms with Crippen LogP contribution in [0.1, 0.15) is 36.2 Å². The molecule has 1 aromatic carbocycles. The van der Waals surface area contributed by atoms with Gasteiger partial charge >= 0.3 is 5.97 Å². The highest BCUT2D eigenvalue weighted by Gasteiger charge is 2.44. The number of ether oxygens (including phenoxy) is 1. The zero-order valence-corrected chi connectivity index (χ0v) is 13.2. The highest BCUT2D eigenvalue weighted by atomic mass is 79.9. The summed E-state index contributed by atoms with van der Waals surface area (Å²) < 4.78 is 5.64. The van der Waals surface area contributed by atoms with Gasteiger partial charge in [0.1, 0.15) is 0 Å². The largest absolute Gasteiger partial charge is 0.465 e. The van der Waals surface area contributed by atoms with Crippen molar-refractivity contribution in [2.24, 2.45) is 11.3 Å². The first kappa shape index (κ1) is 14.5. The lowest BCUT2D eigenvalue weighted by molar-refractivity contribution is 0.0600. The molecule has 0 heterocycles. The topological polar surface area (TPSA) is 38.3 Å². The molecular formula is C15H20BrNO2. The van der Waals surface area contributed by atoms with E-state index >= 15 is 0 Å². The van der Waals surface area contributed by atoms with Gasteiger partial charge in [0.25, 0.3) is 0 Å². The molecule has 3 nitrogen and oxygen atoms in total. The van der Waals surface area contributed by atoms with Crippen LogP contribution < -0.4 is 5.32 Å². The second-order valence-corrected chi connectivity index (χ2v) is 6.67. The number of nitrogens with one attached hydrogen (secondary N) is 1. The molecule has 0 aliphatic heterocycles. The number of halogens is 1. The van der Waals surface area contributed by atoms with E-state index in [2.05, 4.69) is 35.1 Å². The summed E-state index contributed by atoms with van der Waals surface area (Å²) in [6.45, 7) is 6.48. The minimum atomic E-state index is -0.306. The quantitative estimate of drug-likeness (QED) is 0.843. The van der Waals surface area contributed by atoms with Gasteiger partial charge in [0.2, 0.25) is 0 Å². The van der Waals surface area contributed by atoms with Crippen LogP contribution in [0.4, 0.5) is 0 Å². The van der Waals surface area contributed by atoms with E-state index in [1.165, 1.54) is 13.5 Å². The molecule has 0 radical (unpaired) electrons. The van der Waals surface area contributed by atoms with Crippen molar-refractivity contribution >= 4 is 21.9 Å². The number of hydrogen-bond donors (Lipinski definition) is 1. The number of methoxy groups -OCH3 is 1. The lowest BCUT2D eigenvalue weighted by atomic mass is 10.1. The van der Waals surface area contributed by atoms with Crippen LogP contribution in [0.3, 0.4) is 0 Å². The Labute approximate surface area is 122 Å². The fourth-order valence-electron chi connectivity index (χ4n) is 2.24. The molecule has 0 spiro atoms. The van der Waals surface area contributed by atoms with Crippen molar-refractivity contribution in [1.82, 2.24) is 5.32 Å². The van der Waals surface area contributed by atoms with Crippen molar-refractivity contribution in [1.29, 1.82) is 0 Å². The summed E-state index contributed by atoms with van der Waals surface area (Å²) in [6.07, 6.45) is 1.31. The maximum atomic E-state index is 11.4. The third kappa shape index (κ3) is 3.57. The molecule has 1 atom stereocenters. The molecule has 4 heteroatoms. The zero-order chi connectivity index (χ0) is 14.0. The van der Waals surface area contributed by atoms with Gasteiger partial charge in [0.15, 0.2) is 0 Å². The van der Waals surface area contributed by atoms with E-state index in [0.717, 1.165) is 29.0 Å². The Morgan fingerprint density at radius 3 is 2.74 bits per heavy atom. The summed E-state index contributed by atoms with van der Waals surface area (Å²) in [7, 11) is 1.39. The highest BCUT2D eigenvalue weighted by Crippen LogP contribution is 2.50. The van der Waals surface area contributed by atoms with Crippen molar-refractivity contribution in [2.75, 3.05) is 13.7 Å². The molecule has 0 bridgehead atoms. The molecule has 0 amide bonds. The predicted molar refractivity (Wildman–Crippen MR) is 79.1 cm³/mol. The van der Waals surface area contributed by atoms with Crippen LogP contribution in [-0.2, 0) is 11.3 Å². The van der Waals surface area contributed by atoms with Gasteiger partial charge in [0, 0.05) is 11.0 Å². The van der Waals surface area contributed by atoms with Gasteiger partial charge in [0.05, 0.1) is 12.7 Å². The fraction of sp³-hybridized carbons (Fsp3) is 0.533. The van der Waals surface area contributed by atoms with Crippen molar-refractivity contribution in [3.8, 4) is 0 Å². The second kappa shape index (κ2) is 5.63. The molecule has 104 valence electrons. The Morgan fingerprint density at radius 2 is 2.21 bits per heavy atom. The number of carbonyl (C=O) groups is 1. The van der Waals surface area contributed by atoms with E-state index in [1.54, 1.807) is 6.07 Å². The summed E-state index contributed by atoms with van der Waals surface area (Å²) >= 11 is 3.50. The van der Waals surface area contributed by atoms with Gasteiger partial charge in [-0.3, -0.25) is 0 Å². The van der Waals surface area contributed by atoms with Gasteiger partial charge in [-0.2, -0.15) is 0 Å². The van der Waals surface area contributed by atoms with Gasteiger partial charge in [-0.05, 0) is 42.0 Å². The maximum absolute atomic E-state index is 11.4. The highest BCUT2D eigenvalue weighted by molar-refractivity contribution is 9.10. The summed E-state index contributed by atoms with van der Waals surface area (Å²) in [6, 6.07) is 5.57. The molecule has 1 saturated carbocycles. The summed E-state index contributed by atoms with van der Waals surface area (Å²) in [5.74, 6) is 0.487. The van der Waals surface area contributed by atoms with E-state index < -0.39 is 0 Å². The lowest BCUT2D eigenvalue weighted by Crippen LogP contribution is -2.18.